The summed E-state index contributed by atoms with van der Waals surface area (Å²) in [5.74, 6) is 1.19. The maximum atomic E-state index is 12.1. The Kier molecular flexibility index (Phi) is 3.74. The highest BCUT2D eigenvalue weighted by molar-refractivity contribution is 6.28. The van der Waals surface area contributed by atoms with Crippen molar-refractivity contribution < 1.29 is 9.53 Å². The van der Waals surface area contributed by atoms with Gasteiger partial charge >= 0.3 is 5.97 Å². The molecule has 20 heavy (non-hydrogen) atoms. The predicted octanol–water partition coefficient (Wildman–Crippen LogP) is 1.91. The van der Waals surface area contributed by atoms with E-state index in [-0.39, 0.29) is 23.2 Å². The largest absolute Gasteiger partial charge is 0.469 e. The summed E-state index contributed by atoms with van der Waals surface area (Å²) in [6.07, 6.45) is 6.02. The van der Waals surface area contributed by atoms with Crippen molar-refractivity contribution in [3.63, 3.8) is 0 Å². The standard InChI is InChI=1S/C13H17ClN4O2/c1-20-12(19)10-7-2-4-8(5-3-7)11(10)16-9-6-15-18-13(14)17-9/h6-8,10-11H,2-5H2,1H3,(H,16,17,18)/t7?,8?,10-,11?/m1/s1. The molecule has 0 saturated heterocycles. The molecule has 108 valence electrons. The van der Waals surface area contributed by atoms with Crippen LogP contribution in [-0.4, -0.2) is 34.3 Å². The van der Waals surface area contributed by atoms with Gasteiger partial charge < -0.3 is 10.1 Å². The van der Waals surface area contributed by atoms with E-state index in [1.807, 2.05) is 0 Å². The van der Waals surface area contributed by atoms with Crippen molar-refractivity contribution in [3.05, 3.63) is 11.5 Å². The van der Waals surface area contributed by atoms with E-state index in [1.165, 1.54) is 13.3 Å². The molecule has 6 nitrogen and oxygen atoms in total. The number of carbonyl (C=O) groups is 1. The molecule has 2 bridgehead atoms. The smallest absolute Gasteiger partial charge is 0.311 e. The van der Waals surface area contributed by atoms with Crippen molar-refractivity contribution >= 4 is 23.4 Å². The molecule has 3 aliphatic carbocycles. The average molecular weight is 297 g/mol. The van der Waals surface area contributed by atoms with Gasteiger partial charge in [0.05, 0.1) is 19.2 Å². The molecule has 1 unspecified atom stereocenters. The van der Waals surface area contributed by atoms with Crippen LogP contribution in [0.5, 0.6) is 0 Å². The number of hydrogen-bond donors (Lipinski definition) is 1. The Morgan fingerprint density at radius 3 is 2.70 bits per heavy atom. The summed E-state index contributed by atoms with van der Waals surface area (Å²) in [6.45, 7) is 0. The summed E-state index contributed by atoms with van der Waals surface area (Å²) in [6, 6.07) is 0.0442. The SMILES string of the molecule is COC(=O)[C@@H]1C2CCC(CC2)C1Nc1cnnc(Cl)n1. The maximum absolute atomic E-state index is 12.1. The van der Waals surface area contributed by atoms with E-state index in [0.717, 1.165) is 25.7 Å². The normalized spacial score (nSPS) is 31.9. The van der Waals surface area contributed by atoms with Gasteiger partial charge in [-0.15, -0.1) is 5.10 Å². The lowest BCUT2D eigenvalue weighted by Gasteiger charge is -2.47. The Labute approximate surface area is 122 Å². The van der Waals surface area contributed by atoms with Crippen LogP contribution >= 0.6 is 11.6 Å². The van der Waals surface area contributed by atoms with E-state index in [9.17, 15) is 4.79 Å². The minimum Gasteiger partial charge on any atom is -0.469 e. The van der Waals surface area contributed by atoms with Crippen LogP contribution in [0.4, 0.5) is 5.82 Å². The Balaban J connectivity index is 1.83. The van der Waals surface area contributed by atoms with Crippen LogP contribution in [0.1, 0.15) is 25.7 Å². The number of nitrogens with zero attached hydrogens (tertiary/aromatic N) is 3. The highest BCUT2D eigenvalue weighted by Gasteiger charge is 2.47. The Morgan fingerprint density at radius 1 is 1.35 bits per heavy atom. The minimum atomic E-state index is -0.134. The average Bonchev–Trinajstić information content (AvgIpc) is 2.47. The van der Waals surface area contributed by atoms with E-state index >= 15 is 0 Å². The zero-order valence-electron chi connectivity index (χ0n) is 11.3. The molecule has 0 spiro atoms. The first-order valence-corrected chi connectivity index (χ1v) is 7.26. The van der Waals surface area contributed by atoms with E-state index < -0.39 is 0 Å². The molecular formula is C13H17ClN4O2. The lowest BCUT2D eigenvalue weighted by molar-refractivity contribution is -0.152. The van der Waals surface area contributed by atoms with Gasteiger partial charge in [-0.1, -0.05) is 0 Å². The monoisotopic (exact) mass is 296 g/mol. The molecule has 1 aromatic heterocycles. The molecule has 3 saturated carbocycles. The highest BCUT2D eigenvalue weighted by Crippen LogP contribution is 2.46. The van der Waals surface area contributed by atoms with E-state index in [1.54, 1.807) is 0 Å². The summed E-state index contributed by atoms with van der Waals surface area (Å²) in [7, 11) is 1.45. The maximum Gasteiger partial charge on any atom is 0.311 e. The molecule has 0 aliphatic heterocycles. The molecule has 3 fully saturated rings. The van der Waals surface area contributed by atoms with Crippen LogP contribution in [-0.2, 0) is 9.53 Å². The molecule has 7 heteroatoms. The quantitative estimate of drug-likeness (QED) is 0.859. The third kappa shape index (κ3) is 2.44. The number of rotatable bonds is 3. The Bertz CT molecular complexity index is 505. The first-order valence-electron chi connectivity index (χ1n) is 6.88. The zero-order valence-corrected chi connectivity index (χ0v) is 12.0. The lowest BCUT2D eigenvalue weighted by atomic mass is 9.61. The molecule has 1 aromatic rings. The van der Waals surface area contributed by atoms with Gasteiger partial charge in [-0.25, -0.2) is 0 Å². The number of ether oxygens (including phenoxy) is 1. The number of methoxy groups -OCH3 is 1. The van der Waals surface area contributed by atoms with Gasteiger partial charge in [0.1, 0.15) is 5.82 Å². The molecule has 0 amide bonds. The van der Waals surface area contributed by atoms with Crippen LogP contribution in [0.15, 0.2) is 6.20 Å². The van der Waals surface area contributed by atoms with E-state index in [4.69, 9.17) is 16.3 Å². The van der Waals surface area contributed by atoms with Crippen molar-refractivity contribution in [1.29, 1.82) is 0 Å². The van der Waals surface area contributed by atoms with Crippen molar-refractivity contribution in [2.75, 3.05) is 12.4 Å². The molecular weight excluding hydrogens is 280 g/mol. The summed E-state index contributed by atoms with van der Waals surface area (Å²) >= 11 is 5.75. The number of carbonyl (C=O) groups excluding carboxylic acids is 1. The van der Waals surface area contributed by atoms with Gasteiger partial charge in [-0.05, 0) is 49.1 Å². The number of halogens is 1. The zero-order chi connectivity index (χ0) is 14.1. The summed E-state index contributed by atoms with van der Waals surface area (Å²) < 4.78 is 4.98. The molecule has 1 heterocycles. The third-order valence-electron chi connectivity index (χ3n) is 4.54. The summed E-state index contributed by atoms with van der Waals surface area (Å²) in [5.41, 5.74) is 0. The van der Waals surface area contributed by atoms with Gasteiger partial charge in [0, 0.05) is 6.04 Å². The van der Waals surface area contributed by atoms with Gasteiger partial charge in [-0.3, -0.25) is 4.79 Å². The van der Waals surface area contributed by atoms with Crippen LogP contribution in [0.2, 0.25) is 5.28 Å². The van der Waals surface area contributed by atoms with Crippen molar-refractivity contribution in [1.82, 2.24) is 15.2 Å². The Hall–Kier alpha value is -1.43. The second kappa shape index (κ2) is 5.52. The molecule has 1 N–H and O–H groups in total. The third-order valence-corrected chi connectivity index (χ3v) is 4.70. The van der Waals surface area contributed by atoms with E-state index in [0.29, 0.717) is 17.7 Å². The first-order chi connectivity index (χ1) is 9.69. The fraction of sp³-hybridized carbons (Fsp3) is 0.692. The van der Waals surface area contributed by atoms with Crippen molar-refractivity contribution in [2.24, 2.45) is 17.8 Å². The molecule has 0 aromatic carbocycles. The molecule has 0 radical (unpaired) electrons. The number of aromatic nitrogens is 3. The first kappa shape index (κ1) is 13.5. The Morgan fingerprint density at radius 2 is 2.05 bits per heavy atom. The fourth-order valence-corrected chi connectivity index (χ4v) is 3.79. The lowest BCUT2D eigenvalue weighted by Crippen LogP contribution is -2.51. The van der Waals surface area contributed by atoms with Crippen LogP contribution in [0.3, 0.4) is 0 Å². The van der Waals surface area contributed by atoms with E-state index in [2.05, 4.69) is 20.5 Å². The molecule has 3 aliphatic rings. The van der Waals surface area contributed by atoms with Gasteiger partial charge in [-0.2, -0.15) is 10.1 Å². The van der Waals surface area contributed by atoms with Gasteiger partial charge in [0.25, 0.3) is 0 Å². The predicted molar refractivity (Wildman–Crippen MR) is 73.2 cm³/mol. The second-order valence-corrected chi connectivity index (χ2v) is 5.84. The summed E-state index contributed by atoms with van der Waals surface area (Å²) in [4.78, 5) is 16.2. The number of fused-ring (bicyclic) bond motifs is 3. The number of nitrogens with one attached hydrogen (secondary N) is 1. The van der Waals surface area contributed by atoms with Gasteiger partial charge in [0.15, 0.2) is 0 Å². The number of esters is 1. The molecule has 2 atom stereocenters. The van der Waals surface area contributed by atoms with Crippen molar-refractivity contribution in [3.8, 4) is 0 Å². The topological polar surface area (TPSA) is 77.0 Å². The van der Waals surface area contributed by atoms with Gasteiger partial charge in [0.2, 0.25) is 5.28 Å². The number of hydrogen-bond acceptors (Lipinski definition) is 6. The number of anilines is 1. The highest BCUT2D eigenvalue weighted by atomic mass is 35.5. The van der Waals surface area contributed by atoms with Crippen molar-refractivity contribution in [2.45, 2.75) is 31.7 Å². The summed E-state index contributed by atoms with van der Waals surface area (Å²) in [5, 5.41) is 10.8. The second-order valence-electron chi connectivity index (χ2n) is 5.50. The fourth-order valence-electron chi connectivity index (χ4n) is 3.65. The van der Waals surface area contributed by atoms with Crippen LogP contribution in [0.25, 0.3) is 0 Å². The van der Waals surface area contributed by atoms with Crippen LogP contribution < -0.4 is 5.32 Å². The minimum absolute atomic E-state index is 0.0442. The van der Waals surface area contributed by atoms with Crippen LogP contribution in [0, 0.1) is 17.8 Å². The molecule has 4 rings (SSSR count).